The first kappa shape index (κ1) is 18.2. The van der Waals surface area contributed by atoms with Gasteiger partial charge in [0.25, 0.3) is 0 Å². The van der Waals surface area contributed by atoms with Gasteiger partial charge in [-0.3, -0.25) is 0 Å². The van der Waals surface area contributed by atoms with Crippen LogP contribution >= 0.6 is 0 Å². The van der Waals surface area contributed by atoms with E-state index in [-0.39, 0.29) is 20.4 Å². The van der Waals surface area contributed by atoms with Crippen molar-refractivity contribution in [2.24, 2.45) is 0 Å². The number of hydrogen-bond acceptors (Lipinski definition) is 3. The van der Waals surface area contributed by atoms with E-state index in [1.54, 1.807) is 0 Å². The van der Waals surface area contributed by atoms with Crippen LogP contribution in [0.1, 0.15) is 5.56 Å². The molecule has 112 valence electrons. The van der Waals surface area contributed by atoms with Crippen LogP contribution in [-0.2, 0) is 36.7 Å². The van der Waals surface area contributed by atoms with Gasteiger partial charge >= 0.3 is 21.8 Å². The standard InChI is InChI=1S/C8H4F6O3S.Pd/c9-7(10,11)5-1-3-6(4-2-5)17-18(15,16)8(12,13)14;/h1-4H;. The minimum atomic E-state index is -5.88. The molecule has 0 aliphatic rings. The van der Waals surface area contributed by atoms with Gasteiger partial charge in [0.2, 0.25) is 0 Å². The Labute approximate surface area is 117 Å². The summed E-state index contributed by atoms with van der Waals surface area (Å²) in [4.78, 5) is 0. The Morgan fingerprint density at radius 1 is 0.895 bits per heavy atom. The molecule has 3 nitrogen and oxygen atoms in total. The molecule has 0 N–H and O–H groups in total. The molecule has 0 bridgehead atoms. The van der Waals surface area contributed by atoms with Crippen molar-refractivity contribution in [1.29, 1.82) is 0 Å². The number of alkyl halides is 6. The van der Waals surface area contributed by atoms with Crippen molar-refractivity contribution < 1.29 is 59.4 Å². The molecule has 0 spiro atoms. The molecule has 1 aromatic carbocycles. The zero-order chi connectivity index (χ0) is 14.2. The van der Waals surface area contributed by atoms with Gasteiger partial charge < -0.3 is 4.18 Å². The van der Waals surface area contributed by atoms with Gasteiger partial charge in [-0.25, -0.2) is 0 Å². The molecule has 0 fully saturated rings. The van der Waals surface area contributed by atoms with Gasteiger partial charge in [-0.1, -0.05) is 0 Å². The molecule has 0 amide bonds. The quantitative estimate of drug-likeness (QED) is 0.332. The summed E-state index contributed by atoms with van der Waals surface area (Å²) in [5, 5.41) is 0. The molecular weight excluding hydrogens is 397 g/mol. The van der Waals surface area contributed by atoms with Crippen LogP contribution in [0, 0.1) is 0 Å². The molecule has 0 saturated heterocycles. The zero-order valence-corrected chi connectivity index (χ0v) is 10.9. The van der Waals surface area contributed by atoms with Crippen molar-refractivity contribution in [2.45, 2.75) is 11.7 Å². The van der Waals surface area contributed by atoms with Crippen LogP contribution in [0.2, 0.25) is 0 Å². The van der Waals surface area contributed by atoms with Crippen molar-refractivity contribution in [3.05, 3.63) is 29.8 Å². The zero-order valence-electron chi connectivity index (χ0n) is 8.53. The van der Waals surface area contributed by atoms with Crippen LogP contribution in [0.5, 0.6) is 5.75 Å². The molecule has 19 heavy (non-hydrogen) atoms. The largest absolute Gasteiger partial charge is 0.534 e. The van der Waals surface area contributed by atoms with Crippen LogP contribution in [0.15, 0.2) is 24.3 Å². The molecular formula is C8H4F6O3PdS. The smallest absolute Gasteiger partial charge is 0.376 e. The molecule has 1 rings (SSSR count). The van der Waals surface area contributed by atoms with Gasteiger partial charge in [-0.15, -0.1) is 0 Å². The third-order valence-electron chi connectivity index (χ3n) is 1.67. The summed E-state index contributed by atoms with van der Waals surface area (Å²) in [6.07, 6.45) is -4.68. The topological polar surface area (TPSA) is 43.4 Å². The molecule has 0 atom stereocenters. The second-order valence-corrected chi connectivity index (χ2v) is 4.54. The van der Waals surface area contributed by atoms with Gasteiger partial charge in [0, 0.05) is 20.4 Å². The van der Waals surface area contributed by atoms with Crippen molar-refractivity contribution in [3.8, 4) is 5.75 Å². The van der Waals surface area contributed by atoms with Gasteiger partial charge in [-0.05, 0) is 24.3 Å². The van der Waals surface area contributed by atoms with Crippen LogP contribution in [0.25, 0.3) is 0 Å². The Balaban J connectivity index is 0.00000324. The normalized spacial score (nSPS) is 12.7. The molecule has 0 radical (unpaired) electrons. The summed E-state index contributed by atoms with van der Waals surface area (Å²) < 4.78 is 96.7. The summed E-state index contributed by atoms with van der Waals surface area (Å²) in [5.74, 6) is -0.861. The van der Waals surface area contributed by atoms with Crippen LogP contribution in [0.4, 0.5) is 26.3 Å². The number of rotatable bonds is 2. The Hall–Kier alpha value is -0.788. The maximum absolute atomic E-state index is 12.1. The number of benzene rings is 1. The van der Waals surface area contributed by atoms with E-state index in [2.05, 4.69) is 4.18 Å². The van der Waals surface area contributed by atoms with Gasteiger partial charge in [-0.2, -0.15) is 34.8 Å². The van der Waals surface area contributed by atoms with E-state index >= 15 is 0 Å². The first-order valence-electron chi connectivity index (χ1n) is 4.11. The number of halogens is 6. The van der Waals surface area contributed by atoms with Gasteiger partial charge in [0.05, 0.1) is 5.56 Å². The van der Waals surface area contributed by atoms with Gasteiger partial charge in [0.1, 0.15) is 5.75 Å². The Morgan fingerprint density at radius 2 is 1.32 bits per heavy atom. The van der Waals surface area contributed by atoms with Crippen LogP contribution in [-0.4, -0.2) is 13.9 Å². The summed E-state index contributed by atoms with van der Waals surface area (Å²) in [7, 11) is -5.88. The predicted molar refractivity (Wildman–Crippen MR) is 47.0 cm³/mol. The fraction of sp³-hybridized carbons (Fsp3) is 0.250. The second-order valence-electron chi connectivity index (χ2n) is 3.01. The third kappa shape index (κ3) is 4.67. The third-order valence-corrected chi connectivity index (χ3v) is 2.65. The van der Waals surface area contributed by atoms with E-state index in [9.17, 15) is 34.8 Å². The van der Waals surface area contributed by atoms with E-state index < -0.39 is 33.1 Å². The maximum Gasteiger partial charge on any atom is 0.534 e. The van der Waals surface area contributed by atoms with E-state index in [0.29, 0.717) is 24.3 Å². The summed E-state index contributed by atoms with van der Waals surface area (Å²) >= 11 is 0. The van der Waals surface area contributed by atoms with E-state index in [1.807, 2.05) is 0 Å². The summed E-state index contributed by atoms with van der Waals surface area (Å²) in [6.45, 7) is 0. The molecule has 0 aliphatic carbocycles. The average Bonchev–Trinajstić information content (AvgIpc) is 2.14. The minimum absolute atomic E-state index is 0. The summed E-state index contributed by atoms with van der Waals surface area (Å²) in [5.41, 5.74) is -6.78. The van der Waals surface area contributed by atoms with Gasteiger partial charge in [0.15, 0.2) is 0 Å². The van der Waals surface area contributed by atoms with Crippen LogP contribution < -0.4 is 4.18 Å². The van der Waals surface area contributed by atoms with Crippen molar-refractivity contribution in [2.75, 3.05) is 0 Å². The fourth-order valence-electron chi connectivity index (χ4n) is 0.873. The maximum atomic E-state index is 12.1. The molecule has 11 heteroatoms. The monoisotopic (exact) mass is 400 g/mol. The van der Waals surface area contributed by atoms with E-state index in [0.717, 1.165) is 0 Å². The van der Waals surface area contributed by atoms with Crippen molar-refractivity contribution in [3.63, 3.8) is 0 Å². The molecule has 0 aromatic heterocycles. The van der Waals surface area contributed by atoms with E-state index in [1.165, 1.54) is 0 Å². The predicted octanol–water partition coefficient (Wildman–Crippen LogP) is 2.93. The molecule has 0 saturated carbocycles. The van der Waals surface area contributed by atoms with Crippen molar-refractivity contribution >= 4 is 10.1 Å². The first-order valence-corrected chi connectivity index (χ1v) is 5.52. The molecule has 1 aromatic rings. The van der Waals surface area contributed by atoms with Crippen LogP contribution in [0.3, 0.4) is 0 Å². The average molecular weight is 401 g/mol. The second kappa shape index (κ2) is 5.68. The Kier molecular flexibility index (Phi) is 5.45. The Morgan fingerprint density at radius 3 is 1.63 bits per heavy atom. The first-order chi connectivity index (χ1) is 7.93. The fourth-order valence-corrected chi connectivity index (χ4v) is 1.33. The van der Waals surface area contributed by atoms with Crippen molar-refractivity contribution in [1.82, 2.24) is 0 Å². The molecule has 0 unspecified atom stereocenters. The van der Waals surface area contributed by atoms with E-state index in [4.69, 9.17) is 0 Å². The SMILES string of the molecule is O=S(=O)(Oc1ccc(C(F)(F)F)cc1)C(F)(F)F.[Pd]. The molecule has 0 aliphatic heterocycles. The molecule has 0 heterocycles. The minimum Gasteiger partial charge on any atom is -0.376 e. The summed E-state index contributed by atoms with van der Waals surface area (Å²) in [6, 6.07) is 1.76. The Bertz CT molecular complexity index is 519. The number of hydrogen-bond donors (Lipinski definition) is 0.